The number of likely N-dealkylation sites (tertiary alicyclic amines) is 1. The van der Waals surface area contributed by atoms with Crippen LogP contribution in [0.25, 0.3) is 0 Å². The maximum atomic E-state index is 11.6. The molecule has 0 amide bonds. The lowest BCUT2D eigenvalue weighted by Gasteiger charge is -2.37. The lowest BCUT2D eigenvalue weighted by molar-refractivity contribution is -0.143. The third-order valence-electron chi connectivity index (χ3n) is 5.41. The molecule has 1 aromatic heterocycles. The van der Waals surface area contributed by atoms with E-state index in [1.54, 1.807) is 27.4 Å². The molecule has 0 radical (unpaired) electrons. The van der Waals surface area contributed by atoms with E-state index in [4.69, 9.17) is 14.2 Å². The number of carboxylic acids is 1. The number of carboxylic acid groups (broad SMARTS) is 1. The number of benzene rings is 1. The van der Waals surface area contributed by atoms with E-state index in [-0.39, 0.29) is 6.04 Å². The van der Waals surface area contributed by atoms with Crippen LogP contribution in [0.4, 0.5) is 0 Å². The Morgan fingerprint density at radius 2 is 1.83 bits per heavy atom. The third kappa shape index (κ3) is 4.45. The monoisotopic (exact) mass is 400 g/mol. The smallest absolute Gasteiger partial charge is 0.307 e. The molecule has 7 nitrogen and oxygen atoms in total. The molecule has 7 heteroatoms. The average Bonchev–Trinajstić information content (AvgIpc) is 2.75. The number of hydrogen-bond donors (Lipinski definition) is 1. The first-order valence-electron chi connectivity index (χ1n) is 9.67. The summed E-state index contributed by atoms with van der Waals surface area (Å²) in [5.74, 6) is 0.651. The van der Waals surface area contributed by atoms with E-state index in [0.717, 1.165) is 29.8 Å². The lowest BCUT2D eigenvalue weighted by atomic mass is 9.92. The van der Waals surface area contributed by atoms with Crippen LogP contribution in [0.15, 0.2) is 30.5 Å². The van der Waals surface area contributed by atoms with Crippen molar-refractivity contribution in [1.82, 2.24) is 9.88 Å². The molecule has 1 aliphatic rings. The number of carbonyl (C=O) groups is 1. The van der Waals surface area contributed by atoms with E-state index < -0.39 is 11.9 Å². The Morgan fingerprint density at radius 3 is 2.41 bits per heavy atom. The highest BCUT2D eigenvalue weighted by atomic mass is 16.5. The topological polar surface area (TPSA) is 81.1 Å². The molecule has 2 unspecified atom stereocenters. The van der Waals surface area contributed by atoms with Crippen molar-refractivity contribution in [1.29, 1.82) is 0 Å². The summed E-state index contributed by atoms with van der Waals surface area (Å²) in [7, 11) is 4.79. The normalized spacial score (nSPS) is 18.1. The first-order valence-corrected chi connectivity index (χ1v) is 9.67. The largest absolute Gasteiger partial charge is 0.496 e. The molecule has 2 atom stereocenters. The summed E-state index contributed by atoms with van der Waals surface area (Å²) in [5, 5.41) is 9.56. The van der Waals surface area contributed by atoms with E-state index in [2.05, 4.69) is 9.88 Å². The number of hydrogen-bond acceptors (Lipinski definition) is 6. The molecule has 3 rings (SSSR count). The Hall–Kier alpha value is -2.80. The predicted octanol–water partition coefficient (Wildman–Crippen LogP) is 3.30. The van der Waals surface area contributed by atoms with Crippen molar-refractivity contribution in [3.05, 3.63) is 47.3 Å². The summed E-state index contributed by atoms with van der Waals surface area (Å²) in [6, 6.07) is 7.44. The van der Waals surface area contributed by atoms with Gasteiger partial charge in [-0.15, -0.1) is 0 Å². The predicted molar refractivity (Wildman–Crippen MR) is 109 cm³/mol. The van der Waals surface area contributed by atoms with Gasteiger partial charge < -0.3 is 19.3 Å². The van der Waals surface area contributed by atoms with Gasteiger partial charge in [-0.25, -0.2) is 0 Å². The molecular weight excluding hydrogens is 372 g/mol. The van der Waals surface area contributed by atoms with Crippen LogP contribution in [0, 0.1) is 12.8 Å². The summed E-state index contributed by atoms with van der Waals surface area (Å²) in [6.07, 6.45) is 3.33. The van der Waals surface area contributed by atoms with Crippen molar-refractivity contribution >= 4 is 5.97 Å². The SMILES string of the molecule is COc1cc(OC)c(C(c2ccc(C)cn2)N2CCCC(C(=O)O)C2)cc1OC. The average molecular weight is 400 g/mol. The Kier molecular flexibility index (Phi) is 6.59. The second-order valence-electron chi connectivity index (χ2n) is 7.28. The maximum Gasteiger partial charge on any atom is 0.307 e. The van der Waals surface area contributed by atoms with E-state index in [1.165, 1.54) is 0 Å². The van der Waals surface area contributed by atoms with E-state index in [1.807, 2.05) is 31.3 Å². The van der Waals surface area contributed by atoms with Crippen LogP contribution in [-0.4, -0.2) is 55.4 Å². The third-order valence-corrected chi connectivity index (χ3v) is 5.41. The minimum atomic E-state index is -0.760. The first-order chi connectivity index (χ1) is 14.0. The van der Waals surface area contributed by atoms with Gasteiger partial charge in [0.25, 0.3) is 0 Å². The van der Waals surface area contributed by atoms with Gasteiger partial charge in [0.1, 0.15) is 5.75 Å². The molecule has 1 fully saturated rings. The summed E-state index contributed by atoms with van der Waals surface area (Å²) >= 11 is 0. The Labute approximate surface area is 171 Å². The van der Waals surface area contributed by atoms with Crippen molar-refractivity contribution in [2.24, 2.45) is 5.92 Å². The zero-order valence-corrected chi connectivity index (χ0v) is 17.3. The minimum Gasteiger partial charge on any atom is -0.496 e. The van der Waals surface area contributed by atoms with Crippen molar-refractivity contribution < 1.29 is 24.1 Å². The fourth-order valence-corrected chi connectivity index (χ4v) is 3.89. The van der Waals surface area contributed by atoms with Crippen LogP contribution in [0.1, 0.15) is 35.7 Å². The number of nitrogens with zero attached hydrogens (tertiary/aromatic N) is 2. The quantitative estimate of drug-likeness (QED) is 0.764. The first kappa shape index (κ1) is 20.9. The standard InChI is InChI=1S/C22H28N2O5/c1-14-7-8-17(23-12-14)21(24-9-5-6-15(13-24)22(25)26)16-10-19(28-3)20(29-4)11-18(16)27-2/h7-8,10-12,15,21H,5-6,9,13H2,1-4H3,(H,25,26). The second kappa shape index (κ2) is 9.13. The highest BCUT2D eigenvalue weighted by Crippen LogP contribution is 2.42. The fraction of sp³-hybridized carbons (Fsp3) is 0.455. The number of ether oxygens (including phenoxy) is 3. The molecule has 29 heavy (non-hydrogen) atoms. The molecule has 1 aliphatic heterocycles. The van der Waals surface area contributed by atoms with E-state index in [9.17, 15) is 9.90 Å². The van der Waals surface area contributed by atoms with Crippen LogP contribution in [0.3, 0.4) is 0 Å². The zero-order valence-electron chi connectivity index (χ0n) is 17.3. The summed E-state index contributed by atoms with van der Waals surface area (Å²) < 4.78 is 16.6. The minimum absolute atomic E-state index is 0.257. The van der Waals surface area contributed by atoms with Crippen LogP contribution >= 0.6 is 0 Å². The Balaban J connectivity index is 2.13. The van der Waals surface area contributed by atoms with Gasteiger partial charge in [0.2, 0.25) is 0 Å². The zero-order chi connectivity index (χ0) is 21.0. The van der Waals surface area contributed by atoms with Gasteiger partial charge in [-0.2, -0.15) is 0 Å². The summed E-state index contributed by atoms with van der Waals surface area (Å²) in [4.78, 5) is 18.5. The second-order valence-corrected chi connectivity index (χ2v) is 7.28. The van der Waals surface area contributed by atoms with Crippen molar-refractivity contribution in [2.45, 2.75) is 25.8 Å². The van der Waals surface area contributed by atoms with Crippen LogP contribution in [-0.2, 0) is 4.79 Å². The number of pyridine rings is 1. The van der Waals surface area contributed by atoms with Gasteiger partial charge in [-0.3, -0.25) is 14.7 Å². The van der Waals surface area contributed by atoms with E-state index in [0.29, 0.717) is 30.2 Å². The van der Waals surface area contributed by atoms with E-state index >= 15 is 0 Å². The highest BCUT2D eigenvalue weighted by molar-refractivity contribution is 5.70. The number of methoxy groups -OCH3 is 3. The highest BCUT2D eigenvalue weighted by Gasteiger charge is 2.34. The van der Waals surface area contributed by atoms with Gasteiger partial charge in [-0.05, 0) is 44.0 Å². The van der Waals surface area contributed by atoms with Gasteiger partial charge in [-0.1, -0.05) is 6.07 Å². The van der Waals surface area contributed by atoms with Crippen molar-refractivity contribution in [2.75, 3.05) is 34.4 Å². The van der Waals surface area contributed by atoms with Gasteiger partial charge in [0, 0.05) is 24.4 Å². The molecule has 156 valence electrons. The van der Waals surface area contributed by atoms with Crippen molar-refractivity contribution in [3.8, 4) is 17.2 Å². The lowest BCUT2D eigenvalue weighted by Crippen LogP contribution is -2.41. The number of aryl methyl sites for hydroxylation is 1. The molecule has 1 aromatic carbocycles. The molecule has 2 heterocycles. The molecular formula is C22H28N2O5. The van der Waals surface area contributed by atoms with Crippen LogP contribution in [0.2, 0.25) is 0 Å². The number of aliphatic carboxylic acids is 1. The van der Waals surface area contributed by atoms with Crippen LogP contribution < -0.4 is 14.2 Å². The molecule has 2 aromatic rings. The number of rotatable bonds is 7. The summed E-state index contributed by atoms with van der Waals surface area (Å²) in [5.41, 5.74) is 2.77. The van der Waals surface area contributed by atoms with Crippen LogP contribution in [0.5, 0.6) is 17.2 Å². The molecule has 1 N–H and O–H groups in total. The fourth-order valence-electron chi connectivity index (χ4n) is 3.89. The summed E-state index contributed by atoms with van der Waals surface area (Å²) in [6.45, 7) is 3.22. The van der Waals surface area contributed by atoms with Gasteiger partial charge >= 0.3 is 5.97 Å². The van der Waals surface area contributed by atoms with Gasteiger partial charge in [0.05, 0.1) is 39.0 Å². The Bertz CT molecular complexity index is 853. The Morgan fingerprint density at radius 1 is 1.14 bits per heavy atom. The van der Waals surface area contributed by atoms with Crippen molar-refractivity contribution in [3.63, 3.8) is 0 Å². The molecule has 1 saturated heterocycles. The number of piperidine rings is 1. The maximum absolute atomic E-state index is 11.6. The van der Waals surface area contributed by atoms with Gasteiger partial charge in [0.15, 0.2) is 11.5 Å². The number of aromatic nitrogens is 1. The molecule has 0 saturated carbocycles. The molecule has 0 spiro atoms. The molecule has 0 bridgehead atoms. The molecule has 0 aliphatic carbocycles.